The number of carbonyl (C=O) groups is 2. The number of pyridine rings is 1. The largest absolute Gasteiger partial charge is 0.481 e. The molecule has 0 unspecified atom stereocenters. The third-order valence-electron chi connectivity index (χ3n) is 3.80. The Hall–Kier alpha value is -3.80. The number of nitrogens with one attached hydrogen (secondary N) is 2. The Morgan fingerprint density at radius 3 is 2.87 bits per heavy atom. The first-order valence-electron chi connectivity index (χ1n) is 8.57. The highest BCUT2D eigenvalue weighted by atomic mass is 32.2. The van der Waals surface area contributed by atoms with Gasteiger partial charge in [-0.15, -0.1) is 5.10 Å². The first-order chi connectivity index (χ1) is 14.5. The number of carbonyl (C=O) groups excluding carboxylic acids is 1. The number of nitrogens with zero attached hydrogens (tertiary/aromatic N) is 4. The SMILES string of the molecule is CO[N+](=O)c1cc(C(=O)NCc2cccnc2)cc(-c2nc(SCC(=O)O)n[nH]2)c1. The van der Waals surface area contributed by atoms with Crippen LogP contribution in [0.4, 0.5) is 5.69 Å². The van der Waals surface area contributed by atoms with Crippen molar-refractivity contribution in [3.8, 4) is 11.4 Å². The number of aliphatic carboxylic acids is 1. The fourth-order valence-corrected chi connectivity index (χ4v) is 2.96. The average Bonchev–Trinajstić information content (AvgIpc) is 3.25. The van der Waals surface area contributed by atoms with E-state index < -0.39 is 11.9 Å². The van der Waals surface area contributed by atoms with Gasteiger partial charge in [-0.3, -0.25) is 19.7 Å². The summed E-state index contributed by atoms with van der Waals surface area (Å²) in [6, 6.07) is 7.98. The molecular weight excluding hydrogens is 412 g/mol. The molecule has 0 aliphatic rings. The van der Waals surface area contributed by atoms with Gasteiger partial charge in [0.25, 0.3) is 10.8 Å². The van der Waals surface area contributed by atoms with E-state index in [-0.39, 0.29) is 39.5 Å². The monoisotopic (exact) mass is 429 g/mol. The molecule has 0 atom stereocenters. The Kier molecular flexibility index (Phi) is 6.70. The van der Waals surface area contributed by atoms with Gasteiger partial charge in [-0.1, -0.05) is 17.8 Å². The molecule has 12 heteroatoms. The number of hydrogen-bond acceptors (Lipinski definition) is 8. The summed E-state index contributed by atoms with van der Waals surface area (Å²) in [6.45, 7) is 0.260. The summed E-state index contributed by atoms with van der Waals surface area (Å²) in [5.74, 6) is -1.33. The van der Waals surface area contributed by atoms with E-state index in [4.69, 9.17) is 5.11 Å². The van der Waals surface area contributed by atoms with Gasteiger partial charge in [0.1, 0.15) is 0 Å². The number of thioether (sulfide) groups is 1. The van der Waals surface area contributed by atoms with E-state index in [1.54, 1.807) is 18.5 Å². The van der Waals surface area contributed by atoms with Gasteiger partial charge in [0, 0.05) is 42.2 Å². The summed E-state index contributed by atoms with van der Waals surface area (Å²) in [6.07, 6.45) is 3.27. The predicted octanol–water partition coefficient (Wildman–Crippen LogP) is 1.95. The number of aromatic nitrogens is 4. The predicted molar refractivity (Wildman–Crippen MR) is 106 cm³/mol. The Morgan fingerprint density at radius 2 is 2.17 bits per heavy atom. The van der Waals surface area contributed by atoms with Crippen LogP contribution in [0.3, 0.4) is 0 Å². The van der Waals surface area contributed by atoms with Crippen LogP contribution in [0.5, 0.6) is 0 Å². The lowest BCUT2D eigenvalue weighted by molar-refractivity contribution is -0.736. The molecule has 3 N–H and O–H groups in total. The number of hydrogen-bond donors (Lipinski definition) is 3. The van der Waals surface area contributed by atoms with Crippen LogP contribution in [0, 0.1) is 4.91 Å². The lowest BCUT2D eigenvalue weighted by Crippen LogP contribution is -2.23. The second-order valence-electron chi connectivity index (χ2n) is 5.90. The number of aromatic amines is 1. The van der Waals surface area contributed by atoms with Crippen molar-refractivity contribution >= 4 is 29.3 Å². The van der Waals surface area contributed by atoms with Crippen molar-refractivity contribution in [2.75, 3.05) is 12.9 Å². The van der Waals surface area contributed by atoms with Crippen LogP contribution in [-0.4, -0.2) is 54.9 Å². The van der Waals surface area contributed by atoms with Gasteiger partial charge >= 0.3 is 11.7 Å². The van der Waals surface area contributed by atoms with Gasteiger partial charge < -0.3 is 10.4 Å². The van der Waals surface area contributed by atoms with Gasteiger partial charge in [0.2, 0.25) is 5.16 Å². The molecule has 11 nitrogen and oxygen atoms in total. The second kappa shape index (κ2) is 9.60. The topological polar surface area (TPSA) is 150 Å². The normalized spacial score (nSPS) is 10.4. The minimum atomic E-state index is -0.997. The van der Waals surface area contributed by atoms with Crippen LogP contribution in [0.1, 0.15) is 15.9 Å². The summed E-state index contributed by atoms with van der Waals surface area (Å²) < 4.78 is 0. The highest BCUT2D eigenvalue weighted by molar-refractivity contribution is 7.99. The molecule has 3 rings (SSSR count). The average molecular weight is 429 g/mol. The summed E-state index contributed by atoms with van der Waals surface area (Å²) in [4.78, 5) is 48.4. The molecule has 0 saturated carbocycles. The molecule has 2 aromatic heterocycles. The van der Waals surface area contributed by atoms with E-state index in [9.17, 15) is 14.5 Å². The first kappa shape index (κ1) is 20.9. The third-order valence-corrected chi connectivity index (χ3v) is 4.63. The number of rotatable bonds is 9. The zero-order valence-corrected chi connectivity index (χ0v) is 16.5. The Morgan fingerprint density at radius 1 is 1.33 bits per heavy atom. The van der Waals surface area contributed by atoms with Gasteiger partial charge in [0.15, 0.2) is 12.9 Å². The lowest BCUT2D eigenvalue weighted by atomic mass is 10.1. The van der Waals surface area contributed by atoms with E-state index in [0.717, 1.165) is 17.3 Å². The van der Waals surface area contributed by atoms with Crippen molar-refractivity contribution in [3.05, 3.63) is 58.8 Å². The van der Waals surface area contributed by atoms with Crippen LogP contribution in [0.2, 0.25) is 0 Å². The molecule has 0 aliphatic heterocycles. The van der Waals surface area contributed by atoms with E-state index in [2.05, 4.69) is 30.3 Å². The summed E-state index contributed by atoms with van der Waals surface area (Å²) in [7, 11) is 1.21. The number of benzene rings is 1. The standard InChI is InChI=1S/C18H16N6O5S/c1-29-24(28)14-6-12(16-21-18(23-22-16)30-10-15(25)26)5-13(7-14)17(27)20-9-11-3-2-4-19-8-11/h2-8H,9-10H2,1H3,(H2-,20,21,22,23,25,26,27)/p+1. The second-order valence-corrected chi connectivity index (χ2v) is 6.84. The summed E-state index contributed by atoms with van der Waals surface area (Å²) in [5, 5.41) is 18.4. The minimum Gasteiger partial charge on any atom is -0.481 e. The quantitative estimate of drug-likeness (QED) is 0.342. The number of H-pyrrole nitrogens is 1. The highest BCUT2D eigenvalue weighted by Crippen LogP contribution is 2.25. The van der Waals surface area contributed by atoms with Crippen molar-refractivity contribution in [2.24, 2.45) is 0 Å². The number of amides is 1. The van der Waals surface area contributed by atoms with Crippen LogP contribution in [-0.2, 0) is 16.2 Å². The summed E-state index contributed by atoms with van der Waals surface area (Å²) in [5.41, 5.74) is 1.52. The maximum Gasteiger partial charge on any atom is 0.318 e. The first-order valence-corrected chi connectivity index (χ1v) is 9.55. The molecule has 1 aromatic carbocycles. The maximum atomic E-state index is 12.6. The van der Waals surface area contributed by atoms with Gasteiger partial charge in [-0.2, -0.15) is 0 Å². The fourth-order valence-electron chi connectivity index (χ4n) is 2.44. The molecule has 154 valence electrons. The lowest BCUT2D eigenvalue weighted by Gasteiger charge is -2.06. The Bertz CT molecular complexity index is 1070. The Labute approximate surface area is 174 Å². The number of carboxylic acid groups (broad SMARTS) is 1. The van der Waals surface area contributed by atoms with Crippen molar-refractivity contribution in [1.82, 2.24) is 25.5 Å². The van der Waals surface area contributed by atoms with Crippen LogP contribution in [0.25, 0.3) is 11.4 Å². The van der Waals surface area contributed by atoms with Gasteiger partial charge in [-0.25, -0.2) is 9.82 Å². The van der Waals surface area contributed by atoms with Crippen molar-refractivity contribution in [1.29, 1.82) is 0 Å². The van der Waals surface area contributed by atoms with Crippen molar-refractivity contribution in [3.63, 3.8) is 0 Å². The molecule has 0 saturated heterocycles. The molecule has 0 fully saturated rings. The van der Waals surface area contributed by atoms with E-state index in [1.807, 2.05) is 6.07 Å². The van der Waals surface area contributed by atoms with Crippen LogP contribution < -0.4 is 5.32 Å². The zero-order valence-electron chi connectivity index (χ0n) is 15.7. The summed E-state index contributed by atoms with van der Waals surface area (Å²) >= 11 is 0.940. The molecular formula is C18H17N6O5S+. The smallest absolute Gasteiger partial charge is 0.318 e. The molecule has 30 heavy (non-hydrogen) atoms. The molecule has 3 aromatic rings. The van der Waals surface area contributed by atoms with Crippen LogP contribution in [0.15, 0.2) is 47.9 Å². The van der Waals surface area contributed by atoms with E-state index >= 15 is 0 Å². The van der Waals surface area contributed by atoms with Gasteiger partial charge in [0.05, 0.1) is 10.7 Å². The third kappa shape index (κ3) is 5.38. The maximum absolute atomic E-state index is 12.6. The fraction of sp³-hybridized carbons (Fsp3) is 0.167. The molecule has 2 heterocycles. The molecule has 0 spiro atoms. The van der Waals surface area contributed by atoms with E-state index in [1.165, 1.54) is 25.3 Å². The molecule has 0 aliphatic carbocycles. The van der Waals surface area contributed by atoms with E-state index in [0.29, 0.717) is 5.56 Å². The molecule has 1 amide bonds. The Balaban J connectivity index is 1.85. The molecule has 0 radical (unpaired) electrons. The van der Waals surface area contributed by atoms with Crippen LogP contribution >= 0.6 is 11.8 Å². The van der Waals surface area contributed by atoms with Gasteiger partial charge in [-0.05, 0) is 17.7 Å². The van der Waals surface area contributed by atoms with Crippen molar-refractivity contribution in [2.45, 2.75) is 11.7 Å². The molecule has 0 bridgehead atoms. The minimum absolute atomic E-state index is 0.0812. The number of carboxylic acids is 1. The van der Waals surface area contributed by atoms with Crippen molar-refractivity contribution < 1.29 is 24.5 Å². The highest BCUT2D eigenvalue weighted by Gasteiger charge is 2.21. The zero-order chi connectivity index (χ0) is 21.5.